The lowest BCUT2D eigenvalue weighted by molar-refractivity contribution is -0.113. The van der Waals surface area contributed by atoms with Crippen LogP contribution in [0.15, 0.2) is 66.0 Å². The van der Waals surface area contributed by atoms with Crippen molar-refractivity contribution in [2.45, 2.75) is 31.6 Å². The van der Waals surface area contributed by atoms with Gasteiger partial charge in [0.1, 0.15) is 12.0 Å². The molecule has 1 amide bonds. The minimum atomic E-state index is -0.232. The van der Waals surface area contributed by atoms with Crippen LogP contribution in [0.2, 0.25) is 0 Å². The summed E-state index contributed by atoms with van der Waals surface area (Å²) in [5.74, 6) is -0.0259. The zero-order chi connectivity index (χ0) is 21.4. The molecular weight excluding hydrogens is 415 g/mol. The number of rotatable bonds is 4. The molecule has 3 atom stereocenters. The topological polar surface area (TPSA) is 72.0 Å². The molecule has 0 aliphatic carbocycles. The number of carbonyl (C=O) groups is 1. The lowest BCUT2D eigenvalue weighted by atomic mass is 10.00. The number of amides is 1. The largest absolute Gasteiger partial charge is 0.325 e. The Hall–Kier alpha value is -3.04. The van der Waals surface area contributed by atoms with E-state index in [-0.39, 0.29) is 35.7 Å². The highest BCUT2D eigenvalue weighted by Crippen LogP contribution is 2.35. The molecule has 1 saturated heterocycles. The Morgan fingerprint density at radius 2 is 1.97 bits per heavy atom. The Labute approximate surface area is 184 Å². The van der Waals surface area contributed by atoms with E-state index in [2.05, 4.69) is 31.2 Å². The number of halogens is 1. The zero-order valence-electron chi connectivity index (χ0n) is 17.0. The number of fused-ring (bicyclic) bond motifs is 3. The highest BCUT2D eigenvalue weighted by atomic mass is 32.2. The molecular formula is C22H23FN6OS. The van der Waals surface area contributed by atoms with Gasteiger partial charge in [-0.2, -0.15) is 5.10 Å². The molecule has 2 aromatic rings. The number of hydrogen-bond donors (Lipinski definition) is 3. The van der Waals surface area contributed by atoms with Gasteiger partial charge in [0.05, 0.1) is 17.8 Å². The van der Waals surface area contributed by atoms with E-state index in [1.165, 1.54) is 23.9 Å². The van der Waals surface area contributed by atoms with Crippen LogP contribution in [-0.4, -0.2) is 38.9 Å². The summed E-state index contributed by atoms with van der Waals surface area (Å²) in [5.41, 5.74) is 9.68. The number of nitrogens with zero attached hydrogens (tertiary/aromatic N) is 3. The first-order valence-corrected chi connectivity index (χ1v) is 11.1. The Balaban J connectivity index is 1.18. The lowest BCUT2D eigenvalue weighted by Crippen LogP contribution is -2.54. The van der Waals surface area contributed by atoms with E-state index in [9.17, 15) is 9.18 Å². The van der Waals surface area contributed by atoms with Gasteiger partial charge in [0.25, 0.3) is 0 Å². The number of benzene rings is 2. The molecule has 0 saturated carbocycles. The molecule has 0 aromatic heterocycles. The van der Waals surface area contributed by atoms with Crippen LogP contribution in [-0.2, 0) is 4.79 Å². The predicted molar refractivity (Wildman–Crippen MR) is 120 cm³/mol. The third-order valence-electron chi connectivity index (χ3n) is 5.64. The van der Waals surface area contributed by atoms with Crippen LogP contribution in [0.25, 0.3) is 0 Å². The van der Waals surface area contributed by atoms with Crippen molar-refractivity contribution in [2.75, 3.05) is 11.1 Å². The number of anilines is 1. The molecule has 7 nitrogen and oxygen atoms in total. The molecule has 9 heteroatoms. The van der Waals surface area contributed by atoms with Gasteiger partial charge in [0.15, 0.2) is 5.17 Å². The molecule has 0 radical (unpaired) electrons. The summed E-state index contributed by atoms with van der Waals surface area (Å²) < 4.78 is 13.3. The molecule has 31 heavy (non-hydrogen) atoms. The van der Waals surface area contributed by atoms with Gasteiger partial charge in [-0.1, -0.05) is 41.6 Å². The van der Waals surface area contributed by atoms with E-state index in [4.69, 9.17) is 0 Å². The van der Waals surface area contributed by atoms with Gasteiger partial charge in [-0.3, -0.25) is 10.2 Å². The predicted octanol–water partition coefficient (Wildman–Crippen LogP) is 3.11. The van der Waals surface area contributed by atoms with E-state index in [0.29, 0.717) is 0 Å². The zero-order valence-corrected chi connectivity index (χ0v) is 17.8. The van der Waals surface area contributed by atoms with Crippen LogP contribution in [0.3, 0.4) is 0 Å². The van der Waals surface area contributed by atoms with Crippen molar-refractivity contribution >= 4 is 28.5 Å². The number of thioether (sulfide) groups is 1. The summed E-state index contributed by atoms with van der Waals surface area (Å²) in [6.07, 6.45) is 4.78. The summed E-state index contributed by atoms with van der Waals surface area (Å²) in [5, 5.41) is 10.2. The van der Waals surface area contributed by atoms with Gasteiger partial charge in [0, 0.05) is 18.1 Å². The van der Waals surface area contributed by atoms with E-state index in [0.717, 1.165) is 28.4 Å². The van der Waals surface area contributed by atoms with Crippen molar-refractivity contribution < 1.29 is 9.18 Å². The summed E-state index contributed by atoms with van der Waals surface area (Å²) in [6, 6.07) is 14.6. The van der Waals surface area contributed by atoms with Crippen molar-refractivity contribution in [2.24, 2.45) is 5.10 Å². The summed E-state index contributed by atoms with van der Waals surface area (Å²) in [6.45, 7) is 2.01. The average molecular weight is 439 g/mol. The number of carbonyl (C=O) groups excluding carboxylic acids is 1. The summed E-state index contributed by atoms with van der Waals surface area (Å²) >= 11 is 1.40. The van der Waals surface area contributed by atoms with Crippen LogP contribution < -0.4 is 16.2 Å². The molecule has 3 unspecified atom stereocenters. The van der Waals surface area contributed by atoms with Gasteiger partial charge in [-0.25, -0.2) is 9.82 Å². The first-order valence-electron chi connectivity index (χ1n) is 10.2. The van der Waals surface area contributed by atoms with E-state index in [1.54, 1.807) is 0 Å². The van der Waals surface area contributed by atoms with E-state index < -0.39 is 0 Å². The Morgan fingerprint density at radius 1 is 1.19 bits per heavy atom. The fourth-order valence-electron chi connectivity index (χ4n) is 4.03. The maximum absolute atomic E-state index is 13.3. The van der Waals surface area contributed by atoms with Crippen molar-refractivity contribution in [3.05, 3.63) is 77.9 Å². The Bertz CT molecular complexity index is 1030. The minimum Gasteiger partial charge on any atom is -0.325 e. The number of nitrogens with one attached hydrogen (secondary N) is 3. The molecule has 2 aromatic carbocycles. The average Bonchev–Trinajstić information content (AvgIpc) is 3.38. The van der Waals surface area contributed by atoms with Gasteiger partial charge in [0.2, 0.25) is 5.91 Å². The number of hydrazine groups is 1. The second-order valence-corrected chi connectivity index (χ2v) is 8.76. The Morgan fingerprint density at radius 3 is 2.74 bits per heavy atom. The standard InChI is InChI=1S/C22H23FN6OS/c1-14-2-8-17(9-3-14)24-20(30)13-31-22-26-25-21-19-12-18(15-4-6-16(23)7-5-15)27-29(19)11-10-28(21)22/h2-11,18-19,21,25,27H,12-13H2,1H3,(H,24,30). The SMILES string of the molecule is Cc1ccc(NC(=O)CSC2=NNC3C4CC(c5ccc(F)cc5)NN4C=CN23)cc1. The number of amidine groups is 1. The number of hydrazone groups is 1. The fourth-order valence-corrected chi connectivity index (χ4v) is 4.80. The molecule has 0 bridgehead atoms. The molecule has 3 N–H and O–H groups in total. The van der Waals surface area contributed by atoms with Gasteiger partial charge in [-0.15, -0.1) is 0 Å². The highest BCUT2D eigenvalue weighted by Gasteiger charge is 2.44. The number of hydrogen-bond acceptors (Lipinski definition) is 7. The number of aryl methyl sites for hydroxylation is 1. The summed E-state index contributed by atoms with van der Waals surface area (Å²) in [7, 11) is 0. The van der Waals surface area contributed by atoms with Crippen LogP contribution >= 0.6 is 11.8 Å². The summed E-state index contributed by atoms with van der Waals surface area (Å²) in [4.78, 5) is 14.4. The molecule has 160 valence electrons. The first kappa shape index (κ1) is 19.9. The van der Waals surface area contributed by atoms with E-state index >= 15 is 0 Å². The maximum atomic E-state index is 13.3. The second-order valence-electron chi connectivity index (χ2n) is 7.82. The molecule has 5 rings (SSSR count). The molecule has 3 aliphatic heterocycles. The van der Waals surface area contributed by atoms with Crippen molar-refractivity contribution in [1.29, 1.82) is 0 Å². The molecule has 3 aliphatic rings. The highest BCUT2D eigenvalue weighted by molar-refractivity contribution is 8.14. The molecule has 1 fully saturated rings. The molecule has 0 spiro atoms. The third kappa shape index (κ3) is 4.11. The maximum Gasteiger partial charge on any atom is 0.234 e. The van der Waals surface area contributed by atoms with Crippen LogP contribution in [0.1, 0.15) is 23.6 Å². The fraction of sp³-hybridized carbons (Fsp3) is 0.273. The van der Waals surface area contributed by atoms with Crippen molar-refractivity contribution in [3.63, 3.8) is 0 Å². The lowest BCUT2D eigenvalue weighted by Gasteiger charge is -2.36. The van der Waals surface area contributed by atoms with Gasteiger partial charge in [-0.05, 0) is 43.2 Å². The Kier molecular flexibility index (Phi) is 5.29. The first-order chi connectivity index (χ1) is 15.1. The van der Waals surface area contributed by atoms with Crippen LogP contribution in [0.4, 0.5) is 10.1 Å². The van der Waals surface area contributed by atoms with Gasteiger partial charge < -0.3 is 15.2 Å². The normalized spacial score (nSPS) is 23.8. The van der Waals surface area contributed by atoms with Gasteiger partial charge >= 0.3 is 0 Å². The van der Waals surface area contributed by atoms with E-state index in [1.807, 2.05) is 55.7 Å². The quantitative estimate of drug-likeness (QED) is 0.682. The second kappa shape index (κ2) is 8.24. The van der Waals surface area contributed by atoms with Crippen LogP contribution in [0.5, 0.6) is 0 Å². The minimum absolute atomic E-state index is 0.0226. The monoisotopic (exact) mass is 438 g/mol. The smallest absolute Gasteiger partial charge is 0.234 e. The van der Waals surface area contributed by atoms with Crippen LogP contribution in [0, 0.1) is 12.7 Å². The van der Waals surface area contributed by atoms with Crippen molar-refractivity contribution in [3.8, 4) is 0 Å². The van der Waals surface area contributed by atoms with Crippen molar-refractivity contribution in [1.82, 2.24) is 20.8 Å². The molecule has 3 heterocycles. The third-order valence-corrected chi connectivity index (χ3v) is 6.61.